The van der Waals surface area contributed by atoms with E-state index in [2.05, 4.69) is 17.2 Å². The normalized spacial score (nSPS) is 10.7. The number of nitrogens with one attached hydrogen (secondary N) is 1. The summed E-state index contributed by atoms with van der Waals surface area (Å²) in [6.07, 6.45) is 0.246. The minimum absolute atomic E-state index is 0.144. The van der Waals surface area contributed by atoms with Gasteiger partial charge in [0.2, 0.25) is 5.91 Å². The van der Waals surface area contributed by atoms with Gasteiger partial charge in [0.15, 0.2) is 0 Å². The van der Waals surface area contributed by atoms with E-state index in [0.717, 1.165) is 0 Å². The summed E-state index contributed by atoms with van der Waals surface area (Å²) in [7, 11) is 1.58. The Kier molecular flexibility index (Phi) is 6.03. The minimum atomic E-state index is -0.514. The molecule has 0 saturated heterocycles. The summed E-state index contributed by atoms with van der Waals surface area (Å²) in [5.74, 6) is 5.49. The number of halogens is 1. The van der Waals surface area contributed by atoms with Gasteiger partial charge in [-0.1, -0.05) is 23.4 Å². The number of benzene rings is 1. The van der Waals surface area contributed by atoms with Crippen molar-refractivity contribution < 1.29 is 9.53 Å². The summed E-state index contributed by atoms with van der Waals surface area (Å²) < 4.78 is 5.23. The Morgan fingerprint density at radius 3 is 2.80 bits per heavy atom. The zero-order chi connectivity index (χ0) is 15.2. The number of hydrogen-bond acceptors (Lipinski definition) is 3. The van der Waals surface area contributed by atoms with Crippen LogP contribution < -0.4 is 11.1 Å². The molecule has 0 unspecified atom stereocenters. The highest BCUT2D eigenvalue weighted by Crippen LogP contribution is 2.21. The molecule has 1 aromatic rings. The lowest BCUT2D eigenvalue weighted by Crippen LogP contribution is -2.29. The first kappa shape index (κ1) is 16.5. The van der Waals surface area contributed by atoms with Crippen molar-refractivity contribution in [3.8, 4) is 11.8 Å². The van der Waals surface area contributed by atoms with Crippen molar-refractivity contribution in [2.24, 2.45) is 5.73 Å². The summed E-state index contributed by atoms with van der Waals surface area (Å²) in [4.78, 5) is 12.0. The fourth-order valence-electron chi connectivity index (χ4n) is 1.53. The molecule has 0 bridgehead atoms. The number of hydrogen-bond donors (Lipinski definition) is 2. The van der Waals surface area contributed by atoms with Crippen LogP contribution in [0.4, 0.5) is 5.69 Å². The van der Waals surface area contributed by atoms with Crippen molar-refractivity contribution in [3.05, 3.63) is 28.8 Å². The minimum Gasteiger partial charge on any atom is -0.378 e. The molecule has 0 fully saturated rings. The summed E-state index contributed by atoms with van der Waals surface area (Å²) in [5.41, 5.74) is 6.11. The van der Waals surface area contributed by atoms with Crippen LogP contribution in [-0.4, -0.2) is 25.2 Å². The van der Waals surface area contributed by atoms with Gasteiger partial charge in [-0.15, -0.1) is 0 Å². The van der Waals surface area contributed by atoms with Crippen molar-refractivity contribution in [2.45, 2.75) is 25.9 Å². The molecule has 3 N–H and O–H groups in total. The van der Waals surface area contributed by atoms with E-state index in [-0.39, 0.29) is 18.9 Å². The number of amides is 1. The Balaban J connectivity index is 2.89. The lowest BCUT2D eigenvalue weighted by atomic mass is 10.0. The van der Waals surface area contributed by atoms with Gasteiger partial charge in [0, 0.05) is 17.7 Å². The summed E-state index contributed by atoms with van der Waals surface area (Å²) in [6, 6.07) is 5.12. The molecule has 0 spiro atoms. The molecule has 0 aliphatic heterocycles. The molecule has 1 amide bonds. The van der Waals surface area contributed by atoms with E-state index in [1.54, 1.807) is 25.3 Å². The molecule has 108 valence electrons. The molecule has 0 radical (unpaired) electrons. The molecular formula is C15H19ClN2O2. The Hall–Kier alpha value is -1.54. The lowest BCUT2D eigenvalue weighted by molar-refractivity contribution is -0.121. The zero-order valence-electron chi connectivity index (χ0n) is 11.9. The number of methoxy groups -OCH3 is 1. The molecule has 20 heavy (non-hydrogen) atoms. The first-order chi connectivity index (χ1) is 9.38. The van der Waals surface area contributed by atoms with Crippen molar-refractivity contribution >= 4 is 23.2 Å². The van der Waals surface area contributed by atoms with Crippen LogP contribution in [0.15, 0.2) is 18.2 Å². The highest BCUT2D eigenvalue weighted by molar-refractivity contribution is 6.30. The smallest absolute Gasteiger partial charge is 0.227 e. The van der Waals surface area contributed by atoms with E-state index < -0.39 is 5.60 Å². The van der Waals surface area contributed by atoms with Crippen LogP contribution in [0.5, 0.6) is 0 Å². The van der Waals surface area contributed by atoms with Gasteiger partial charge in [-0.05, 0) is 32.0 Å². The highest BCUT2D eigenvalue weighted by Gasteiger charge is 2.21. The zero-order valence-corrected chi connectivity index (χ0v) is 12.7. The van der Waals surface area contributed by atoms with Gasteiger partial charge in [0.1, 0.15) is 0 Å². The predicted octanol–water partition coefficient (Wildman–Crippen LogP) is 2.40. The molecule has 0 aromatic heterocycles. The number of nitrogens with two attached hydrogens (primary N) is 1. The quantitative estimate of drug-likeness (QED) is 0.838. The van der Waals surface area contributed by atoms with E-state index >= 15 is 0 Å². The van der Waals surface area contributed by atoms with Gasteiger partial charge in [0.05, 0.1) is 24.3 Å². The fraction of sp³-hybridized carbons (Fsp3) is 0.400. The van der Waals surface area contributed by atoms with E-state index in [1.165, 1.54) is 0 Å². The molecule has 0 atom stereocenters. The highest BCUT2D eigenvalue weighted by atomic mass is 35.5. The van der Waals surface area contributed by atoms with Gasteiger partial charge >= 0.3 is 0 Å². The average Bonchev–Trinajstić information content (AvgIpc) is 2.38. The number of anilines is 1. The van der Waals surface area contributed by atoms with Crippen LogP contribution in [-0.2, 0) is 9.53 Å². The topological polar surface area (TPSA) is 64.3 Å². The first-order valence-corrected chi connectivity index (χ1v) is 6.59. The van der Waals surface area contributed by atoms with Gasteiger partial charge < -0.3 is 15.8 Å². The Morgan fingerprint density at radius 1 is 1.50 bits per heavy atom. The van der Waals surface area contributed by atoms with Crippen LogP contribution in [0.1, 0.15) is 25.8 Å². The van der Waals surface area contributed by atoms with E-state index in [9.17, 15) is 4.79 Å². The van der Waals surface area contributed by atoms with Crippen LogP contribution >= 0.6 is 11.6 Å². The number of carbonyl (C=O) groups excluding carboxylic acids is 1. The van der Waals surface area contributed by atoms with Crippen LogP contribution in [0.25, 0.3) is 0 Å². The Bertz CT molecular complexity index is 545. The molecule has 4 nitrogen and oxygen atoms in total. The van der Waals surface area contributed by atoms with Crippen molar-refractivity contribution in [1.82, 2.24) is 0 Å². The summed E-state index contributed by atoms with van der Waals surface area (Å²) in [5, 5.41) is 3.37. The van der Waals surface area contributed by atoms with Crippen molar-refractivity contribution in [1.29, 1.82) is 0 Å². The molecule has 1 aromatic carbocycles. The molecule has 0 aliphatic rings. The third-order valence-corrected chi connectivity index (χ3v) is 2.95. The second kappa shape index (κ2) is 7.30. The molecule has 0 saturated carbocycles. The average molecular weight is 295 g/mol. The first-order valence-electron chi connectivity index (χ1n) is 6.21. The summed E-state index contributed by atoms with van der Waals surface area (Å²) in [6.45, 7) is 3.95. The maximum Gasteiger partial charge on any atom is 0.227 e. The van der Waals surface area contributed by atoms with Crippen LogP contribution in [0.3, 0.4) is 0 Å². The summed E-state index contributed by atoms with van der Waals surface area (Å²) >= 11 is 5.93. The Labute approximate surface area is 124 Å². The molecule has 0 aliphatic carbocycles. The molecular weight excluding hydrogens is 276 g/mol. The van der Waals surface area contributed by atoms with E-state index in [1.807, 2.05) is 13.8 Å². The van der Waals surface area contributed by atoms with E-state index in [0.29, 0.717) is 16.3 Å². The predicted molar refractivity (Wildman–Crippen MR) is 81.7 cm³/mol. The monoisotopic (exact) mass is 294 g/mol. The van der Waals surface area contributed by atoms with E-state index in [4.69, 9.17) is 22.1 Å². The third kappa shape index (κ3) is 5.22. The molecule has 0 heterocycles. The van der Waals surface area contributed by atoms with Crippen LogP contribution in [0.2, 0.25) is 5.02 Å². The second-order valence-electron chi connectivity index (χ2n) is 4.88. The van der Waals surface area contributed by atoms with Gasteiger partial charge in [-0.25, -0.2) is 0 Å². The lowest BCUT2D eigenvalue weighted by Gasteiger charge is -2.22. The van der Waals surface area contributed by atoms with Gasteiger partial charge in [-0.3, -0.25) is 4.79 Å². The number of ether oxygens (including phenoxy) is 1. The van der Waals surface area contributed by atoms with Crippen molar-refractivity contribution in [3.63, 3.8) is 0 Å². The second-order valence-corrected chi connectivity index (χ2v) is 5.32. The standard InChI is InChI=1S/C15H19ClN2O2/c1-15(2,20-3)10-14(19)18-13-7-6-12(16)9-11(13)5-4-8-17/h6-7,9H,8,10,17H2,1-3H3,(H,18,19). The number of carbonyl (C=O) groups is 1. The van der Waals surface area contributed by atoms with Gasteiger partial charge in [-0.2, -0.15) is 0 Å². The molecule has 1 rings (SSSR count). The third-order valence-electron chi connectivity index (χ3n) is 2.72. The fourth-order valence-corrected chi connectivity index (χ4v) is 1.70. The number of rotatable bonds is 4. The largest absolute Gasteiger partial charge is 0.378 e. The molecule has 5 heteroatoms. The van der Waals surface area contributed by atoms with Crippen LogP contribution in [0, 0.1) is 11.8 Å². The SMILES string of the molecule is COC(C)(C)CC(=O)Nc1ccc(Cl)cc1C#CCN. The van der Waals surface area contributed by atoms with Crippen molar-refractivity contribution in [2.75, 3.05) is 19.0 Å². The van der Waals surface area contributed by atoms with Gasteiger partial charge in [0.25, 0.3) is 0 Å². The maximum absolute atomic E-state index is 12.0. The maximum atomic E-state index is 12.0. The Morgan fingerprint density at radius 2 is 2.20 bits per heavy atom.